The molecule has 0 saturated carbocycles. The van der Waals surface area contributed by atoms with Crippen molar-refractivity contribution in [3.05, 3.63) is 87.5 Å². The van der Waals surface area contributed by atoms with Gasteiger partial charge in [0.15, 0.2) is 5.78 Å². The van der Waals surface area contributed by atoms with Gasteiger partial charge in [0.25, 0.3) is 5.91 Å². The maximum atomic E-state index is 13.4. The van der Waals surface area contributed by atoms with E-state index in [9.17, 15) is 14.4 Å². The van der Waals surface area contributed by atoms with Gasteiger partial charge in [0.05, 0.1) is 13.2 Å². The van der Waals surface area contributed by atoms with Crippen LogP contribution in [-0.2, 0) is 18.3 Å². The number of ether oxygens (including phenoxy) is 1. The Balaban J connectivity index is 1.95. The highest BCUT2D eigenvalue weighted by Crippen LogP contribution is 2.24. The maximum Gasteiger partial charge on any atom is 0.355 e. The van der Waals surface area contributed by atoms with E-state index in [-0.39, 0.29) is 31.4 Å². The smallest absolute Gasteiger partial charge is 0.355 e. The Morgan fingerprint density at radius 2 is 1.82 bits per heavy atom. The Bertz CT molecular complexity index is 1170. The van der Waals surface area contributed by atoms with Crippen molar-refractivity contribution in [2.24, 2.45) is 7.05 Å². The molecular formula is C25H26ClN3O4. The first-order chi connectivity index (χ1) is 15.7. The average Bonchev–Trinajstić information content (AvgIpc) is 3.02. The van der Waals surface area contributed by atoms with Gasteiger partial charge in [0, 0.05) is 47.8 Å². The summed E-state index contributed by atoms with van der Waals surface area (Å²) in [5.74, 6) is -1.05. The van der Waals surface area contributed by atoms with Gasteiger partial charge < -0.3 is 14.2 Å². The molecular weight excluding hydrogens is 442 g/mol. The van der Waals surface area contributed by atoms with E-state index >= 15 is 0 Å². The predicted molar refractivity (Wildman–Crippen MR) is 126 cm³/mol. The molecule has 0 saturated heterocycles. The maximum absolute atomic E-state index is 13.4. The number of pyridine rings is 1. The van der Waals surface area contributed by atoms with Crippen LogP contribution < -0.4 is 0 Å². The number of benzene rings is 1. The van der Waals surface area contributed by atoms with E-state index in [4.69, 9.17) is 16.3 Å². The van der Waals surface area contributed by atoms with Crippen LogP contribution in [0, 0.1) is 13.8 Å². The van der Waals surface area contributed by atoms with Gasteiger partial charge in [-0.15, -0.1) is 0 Å². The molecule has 0 aliphatic rings. The Labute approximate surface area is 197 Å². The third kappa shape index (κ3) is 5.31. The number of carbonyl (C=O) groups excluding carboxylic acids is 3. The molecule has 0 aliphatic carbocycles. The van der Waals surface area contributed by atoms with Gasteiger partial charge in [-0.25, -0.2) is 4.79 Å². The summed E-state index contributed by atoms with van der Waals surface area (Å²) in [4.78, 5) is 44.7. The van der Waals surface area contributed by atoms with Crippen LogP contribution in [-0.4, -0.2) is 45.3 Å². The van der Waals surface area contributed by atoms with Crippen LogP contribution in [0.15, 0.2) is 48.8 Å². The lowest BCUT2D eigenvalue weighted by atomic mass is 10.0. The van der Waals surface area contributed by atoms with E-state index in [0.29, 0.717) is 33.1 Å². The van der Waals surface area contributed by atoms with Crippen LogP contribution in [0.5, 0.6) is 0 Å². The van der Waals surface area contributed by atoms with Crippen molar-refractivity contribution in [2.75, 3.05) is 13.2 Å². The quantitative estimate of drug-likeness (QED) is 0.362. The number of esters is 1. The largest absolute Gasteiger partial charge is 0.461 e. The molecule has 33 heavy (non-hydrogen) atoms. The van der Waals surface area contributed by atoms with Gasteiger partial charge >= 0.3 is 5.97 Å². The van der Waals surface area contributed by atoms with E-state index in [1.165, 1.54) is 4.90 Å². The Morgan fingerprint density at radius 1 is 1.12 bits per heavy atom. The molecule has 172 valence electrons. The summed E-state index contributed by atoms with van der Waals surface area (Å²) in [7, 11) is 1.72. The normalized spacial score (nSPS) is 10.7. The zero-order valence-electron chi connectivity index (χ0n) is 19.1. The molecule has 7 nitrogen and oxygen atoms in total. The minimum atomic E-state index is -0.482. The van der Waals surface area contributed by atoms with Gasteiger partial charge in [-0.3, -0.25) is 14.6 Å². The minimum absolute atomic E-state index is 0.162. The van der Waals surface area contributed by atoms with Crippen molar-refractivity contribution < 1.29 is 19.1 Å². The van der Waals surface area contributed by atoms with E-state index < -0.39 is 5.97 Å². The summed E-state index contributed by atoms with van der Waals surface area (Å²) >= 11 is 5.96. The standard InChI is InChI=1S/C25H26ClN3O4/c1-5-33-25(32)23-16(2)22(17(3)28(23)4)21(30)15-29(14-18-7-6-12-27-13-18)24(31)19-8-10-20(26)11-9-19/h6-13H,5,14-15H2,1-4H3. The van der Waals surface area contributed by atoms with Gasteiger partial charge in [-0.1, -0.05) is 17.7 Å². The molecule has 1 amide bonds. The van der Waals surface area contributed by atoms with Crippen LogP contribution in [0.3, 0.4) is 0 Å². The molecule has 0 spiro atoms. The molecule has 0 atom stereocenters. The first kappa shape index (κ1) is 24.2. The molecule has 8 heteroatoms. The minimum Gasteiger partial charge on any atom is -0.461 e. The monoisotopic (exact) mass is 467 g/mol. The topological polar surface area (TPSA) is 81.5 Å². The second kappa shape index (κ2) is 10.4. The third-order valence-corrected chi connectivity index (χ3v) is 5.74. The number of Topliss-reactive ketones (excluding diaryl/α,β-unsaturated/α-hetero) is 1. The highest BCUT2D eigenvalue weighted by atomic mass is 35.5. The van der Waals surface area contributed by atoms with E-state index in [0.717, 1.165) is 5.56 Å². The number of carbonyl (C=O) groups is 3. The predicted octanol–water partition coefficient (Wildman–Crippen LogP) is 4.39. The van der Waals surface area contributed by atoms with Crippen LogP contribution in [0.1, 0.15) is 54.9 Å². The summed E-state index contributed by atoms with van der Waals surface area (Å²) in [6.45, 7) is 5.50. The van der Waals surface area contributed by atoms with Crippen LogP contribution in [0.2, 0.25) is 5.02 Å². The molecule has 0 fully saturated rings. The number of hydrogen-bond acceptors (Lipinski definition) is 5. The van der Waals surface area contributed by atoms with Gasteiger partial charge in [-0.2, -0.15) is 0 Å². The molecule has 0 bridgehead atoms. The lowest BCUT2D eigenvalue weighted by Gasteiger charge is -2.22. The first-order valence-corrected chi connectivity index (χ1v) is 10.9. The number of aromatic nitrogens is 2. The molecule has 3 rings (SSSR count). The Hall–Kier alpha value is -3.45. The zero-order valence-corrected chi connectivity index (χ0v) is 19.8. The molecule has 0 aliphatic heterocycles. The number of hydrogen-bond donors (Lipinski definition) is 0. The zero-order chi connectivity index (χ0) is 24.1. The number of ketones is 1. The van der Waals surface area contributed by atoms with Crippen molar-refractivity contribution in [3.8, 4) is 0 Å². The molecule has 1 aromatic carbocycles. The third-order valence-electron chi connectivity index (χ3n) is 5.49. The van der Waals surface area contributed by atoms with Crippen molar-refractivity contribution >= 4 is 29.3 Å². The van der Waals surface area contributed by atoms with Crippen LogP contribution >= 0.6 is 11.6 Å². The summed E-state index contributed by atoms with van der Waals surface area (Å²) in [5, 5.41) is 0.517. The fourth-order valence-electron chi connectivity index (χ4n) is 3.82. The second-order valence-corrected chi connectivity index (χ2v) is 8.10. The average molecular weight is 468 g/mol. The van der Waals surface area contributed by atoms with Crippen LogP contribution in [0.25, 0.3) is 0 Å². The Kier molecular flexibility index (Phi) is 7.66. The summed E-state index contributed by atoms with van der Waals surface area (Å²) in [6.07, 6.45) is 3.30. The summed E-state index contributed by atoms with van der Waals surface area (Å²) in [5.41, 5.74) is 3.15. The van der Waals surface area contributed by atoms with Gasteiger partial charge in [0.1, 0.15) is 5.69 Å². The number of nitrogens with zero attached hydrogens (tertiary/aromatic N) is 3. The van der Waals surface area contributed by atoms with Crippen LogP contribution in [0.4, 0.5) is 0 Å². The molecule has 3 aromatic rings. The highest BCUT2D eigenvalue weighted by Gasteiger charge is 2.28. The molecule has 0 radical (unpaired) electrons. The van der Waals surface area contributed by atoms with E-state index in [1.54, 1.807) is 75.1 Å². The summed E-state index contributed by atoms with van der Waals surface area (Å²) < 4.78 is 6.81. The fraction of sp³-hybridized carbons (Fsp3) is 0.280. The van der Waals surface area contributed by atoms with Crippen molar-refractivity contribution in [2.45, 2.75) is 27.3 Å². The lowest BCUT2D eigenvalue weighted by Crippen LogP contribution is -2.35. The second-order valence-electron chi connectivity index (χ2n) is 7.67. The SMILES string of the molecule is CCOC(=O)c1c(C)c(C(=O)CN(Cc2cccnc2)C(=O)c2ccc(Cl)cc2)c(C)n1C. The molecule has 0 unspecified atom stereocenters. The molecule has 0 N–H and O–H groups in total. The number of amides is 1. The molecule has 2 heterocycles. The first-order valence-electron chi connectivity index (χ1n) is 10.5. The van der Waals surface area contributed by atoms with Crippen molar-refractivity contribution in [1.29, 1.82) is 0 Å². The van der Waals surface area contributed by atoms with Gasteiger partial charge in [-0.05, 0) is 62.2 Å². The van der Waals surface area contributed by atoms with E-state index in [2.05, 4.69) is 4.98 Å². The fourth-order valence-corrected chi connectivity index (χ4v) is 3.94. The summed E-state index contributed by atoms with van der Waals surface area (Å²) in [6, 6.07) is 10.1. The number of rotatable bonds is 8. The highest BCUT2D eigenvalue weighted by molar-refractivity contribution is 6.30. The number of halogens is 1. The van der Waals surface area contributed by atoms with E-state index in [1.807, 2.05) is 6.07 Å². The molecule has 2 aromatic heterocycles. The lowest BCUT2D eigenvalue weighted by molar-refractivity contribution is 0.0514. The Morgan fingerprint density at radius 3 is 2.42 bits per heavy atom. The van der Waals surface area contributed by atoms with Crippen molar-refractivity contribution in [1.82, 2.24) is 14.5 Å². The van der Waals surface area contributed by atoms with Crippen molar-refractivity contribution in [3.63, 3.8) is 0 Å². The van der Waals surface area contributed by atoms with Gasteiger partial charge in [0.2, 0.25) is 0 Å².